The van der Waals surface area contributed by atoms with Crippen molar-refractivity contribution in [3.63, 3.8) is 0 Å². The summed E-state index contributed by atoms with van der Waals surface area (Å²) >= 11 is 0. The van der Waals surface area contributed by atoms with Gasteiger partial charge in [0.05, 0.1) is 0 Å². The highest BCUT2D eigenvalue weighted by molar-refractivity contribution is 5.55. The molecule has 1 unspecified atom stereocenters. The molecule has 6 nitrogen and oxygen atoms in total. The topological polar surface area (TPSA) is 62.0 Å². The van der Waals surface area contributed by atoms with Gasteiger partial charge in [-0.3, -0.25) is 5.01 Å². The average molecular weight is 186 g/mol. The Morgan fingerprint density at radius 2 is 2.31 bits per heavy atom. The molecule has 0 spiro atoms. The molecule has 74 valence electrons. The van der Waals surface area contributed by atoms with E-state index in [1.165, 1.54) is 6.34 Å². The van der Waals surface area contributed by atoms with Crippen LogP contribution in [-0.4, -0.2) is 34.6 Å². The standard InChI is InChI=1S/C7H14N4O2/c1-6(2)4-7-9(3)8-5-10(7)11(12)13/h5-7H,4H2,1-3H3. The van der Waals surface area contributed by atoms with E-state index in [0.29, 0.717) is 5.92 Å². The lowest BCUT2D eigenvalue weighted by atomic mass is 10.1. The smallest absolute Gasteiger partial charge is 0.182 e. The van der Waals surface area contributed by atoms with Crippen LogP contribution in [0.3, 0.4) is 0 Å². The molecule has 0 saturated heterocycles. The van der Waals surface area contributed by atoms with Crippen molar-refractivity contribution in [1.29, 1.82) is 0 Å². The van der Waals surface area contributed by atoms with E-state index in [0.717, 1.165) is 11.4 Å². The van der Waals surface area contributed by atoms with Crippen molar-refractivity contribution < 1.29 is 5.03 Å². The molecule has 0 bridgehead atoms. The third-order valence-corrected chi connectivity index (χ3v) is 1.96. The number of nitro groups is 1. The van der Waals surface area contributed by atoms with Crippen LogP contribution in [0.5, 0.6) is 0 Å². The van der Waals surface area contributed by atoms with Crippen molar-refractivity contribution in [2.24, 2.45) is 11.0 Å². The van der Waals surface area contributed by atoms with Crippen LogP contribution in [0.15, 0.2) is 5.10 Å². The summed E-state index contributed by atoms with van der Waals surface area (Å²) < 4.78 is 0. The van der Waals surface area contributed by atoms with Crippen LogP contribution < -0.4 is 0 Å². The largest absolute Gasteiger partial charge is 0.270 e. The molecule has 0 radical (unpaired) electrons. The first-order valence-electron chi connectivity index (χ1n) is 4.22. The second-order valence-electron chi connectivity index (χ2n) is 3.53. The summed E-state index contributed by atoms with van der Waals surface area (Å²) in [5.74, 6) is 0.414. The minimum absolute atomic E-state index is 0.241. The van der Waals surface area contributed by atoms with E-state index in [9.17, 15) is 10.1 Å². The van der Waals surface area contributed by atoms with E-state index in [4.69, 9.17) is 0 Å². The summed E-state index contributed by atoms with van der Waals surface area (Å²) in [6.07, 6.45) is 1.75. The first-order chi connectivity index (χ1) is 6.02. The highest BCUT2D eigenvalue weighted by Crippen LogP contribution is 2.17. The Kier molecular flexibility index (Phi) is 2.69. The molecule has 0 aromatic heterocycles. The van der Waals surface area contributed by atoms with Crippen molar-refractivity contribution in [2.45, 2.75) is 26.4 Å². The van der Waals surface area contributed by atoms with Gasteiger partial charge in [-0.15, -0.1) is 0 Å². The predicted octanol–water partition coefficient (Wildman–Crippen LogP) is 0.741. The van der Waals surface area contributed by atoms with Crippen LogP contribution >= 0.6 is 0 Å². The van der Waals surface area contributed by atoms with Gasteiger partial charge >= 0.3 is 0 Å². The maximum absolute atomic E-state index is 10.6. The molecule has 0 N–H and O–H groups in total. The number of hydrogen-bond donors (Lipinski definition) is 0. The van der Waals surface area contributed by atoms with Gasteiger partial charge in [-0.05, 0) is 12.3 Å². The van der Waals surface area contributed by atoms with Crippen molar-refractivity contribution >= 4 is 6.34 Å². The Bertz CT molecular complexity index is 229. The second kappa shape index (κ2) is 3.59. The molecule has 0 aromatic carbocycles. The van der Waals surface area contributed by atoms with Gasteiger partial charge in [0.25, 0.3) is 0 Å². The molecule has 1 aliphatic heterocycles. The highest BCUT2D eigenvalue weighted by Gasteiger charge is 2.33. The van der Waals surface area contributed by atoms with E-state index in [2.05, 4.69) is 5.10 Å². The van der Waals surface area contributed by atoms with Crippen LogP contribution in [0.4, 0.5) is 0 Å². The monoisotopic (exact) mass is 186 g/mol. The Balaban J connectivity index is 2.64. The summed E-state index contributed by atoms with van der Waals surface area (Å²) in [6.45, 7) is 4.06. The van der Waals surface area contributed by atoms with Gasteiger partial charge in [0.1, 0.15) is 0 Å². The lowest BCUT2D eigenvalue weighted by molar-refractivity contribution is -0.638. The molecule has 1 rings (SSSR count). The molecular formula is C7H14N4O2. The van der Waals surface area contributed by atoms with Crippen LogP contribution in [0, 0.1) is 16.0 Å². The molecule has 1 aliphatic rings. The number of nitrogens with zero attached hydrogens (tertiary/aromatic N) is 4. The van der Waals surface area contributed by atoms with E-state index < -0.39 is 5.03 Å². The molecule has 6 heteroatoms. The molecule has 0 aromatic rings. The molecular weight excluding hydrogens is 172 g/mol. The quantitative estimate of drug-likeness (QED) is 0.481. The molecule has 0 amide bonds. The number of rotatable bonds is 3. The number of hydrazone groups is 1. The maximum atomic E-state index is 10.6. The fourth-order valence-corrected chi connectivity index (χ4v) is 1.29. The van der Waals surface area contributed by atoms with Gasteiger partial charge in [0.2, 0.25) is 0 Å². The summed E-state index contributed by atoms with van der Waals surface area (Å²) in [4.78, 5) is 10.6. The van der Waals surface area contributed by atoms with Gasteiger partial charge in [0, 0.05) is 7.05 Å². The lowest BCUT2D eigenvalue weighted by Gasteiger charge is -2.22. The van der Waals surface area contributed by atoms with Gasteiger partial charge < -0.3 is 0 Å². The van der Waals surface area contributed by atoms with Crippen molar-refractivity contribution in [3.05, 3.63) is 10.1 Å². The summed E-state index contributed by atoms with van der Waals surface area (Å²) in [7, 11) is 1.74. The molecule has 1 atom stereocenters. The van der Waals surface area contributed by atoms with Crippen LogP contribution in [0.1, 0.15) is 20.3 Å². The zero-order chi connectivity index (χ0) is 10.0. The van der Waals surface area contributed by atoms with Gasteiger partial charge in [0.15, 0.2) is 17.5 Å². The van der Waals surface area contributed by atoms with Crippen molar-refractivity contribution in [3.8, 4) is 0 Å². The van der Waals surface area contributed by atoms with Crippen molar-refractivity contribution in [1.82, 2.24) is 10.0 Å². The van der Waals surface area contributed by atoms with Gasteiger partial charge in [-0.1, -0.05) is 18.9 Å². The SMILES string of the molecule is CC(C)CC1N(C)N=CN1[N+](=O)[O-]. The average Bonchev–Trinajstić information content (AvgIpc) is 2.32. The molecule has 0 fully saturated rings. The van der Waals surface area contributed by atoms with Crippen LogP contribution in [0.2, 0.25) is 0 Å². The zero-order valence-corrected chi connectivity index (χ0v) is 8.04. The molecule has 13 heavy (non-hydrogen) atoms. The normalized spacial score (nSPS) is 21.7. The Morgan fingerprint density at radius 1 is 1.69 bits per heavy atom. The Hall–Kier alpha value is -1.33. The van der Waals surface area contributed by atoms with E-state index >= 15 is 0 Å². The van der Waals surface area contributed by atoms with Crippen LogP contribution in [0.25, 0.3) is 0 Å². The zero-order valence-electron chi connectivity index (χ0n) is 8.04. The summed E-state index contributed by atoms with van der Waals surface area (Å²) in [5.41, 5.74) is 0. The van der Waals surface area contributed by atoms with Crippen LogP contribution in [-0.2, 0) is 0 Å². The van der Waals surface area contributed by atoms with Crippen molar-refractivity contribution in [2.75, 3.05) is 7.05 Å². The van der Waals surface area contributed by atoms with Gasteiger partial charge in [-0.2, -0.15) is 5.10 Å². The molecule has 0 saturated carbocycles. The number of hydrogen-bond acceptors (Lipinski definition) is 4. The van der Waals surface area contributed by atoms with E-state index in [1.54, 1.807) is 12.1 Å². The Morgan fingerprint density at radius 3 is 2.77 bits per heavy atom. The number of hydrazine groups is 1. The first-order valence-corrected chi connectivity index (χ1v) is 4.22. The third kappa shape index (κ3) is 2.07. The summed E-state index contributed by atoms with van der Waals surface area (Å²) in [6, 6.07) is 0. The Labute approximate surface area is 76.9 Å². The van der Waals surface area contributed by atoms with E-state index in [1.807, 2.05) is 13.8 Å². The minimum atomic E-state index is -0.431. The summed E-state index contributed by atoms with van der Waals surface area (Å²) in [5, 5.41) is 16.6. The lowest BCUT2D eigenvalue weighted by Crippen LogP contribution is -2.42. The second-order valence-corrected chi connectivity index (χ2v) is 3.53. The maximum Gasteiger partial charge on any atom is 0.182 e. The first kappa shape index (κ1) is 9.76. The minimum Gasteiger partial charge on any atom is -0.270 e. The molecule has 0 aliphatic carbocycles. The third-order valence-electron chi connectivity index (χ3n) is 1.96. The predicted molar refractivity (Wildman–Crippen MR) is 48.3 cm³/mol. The highest BCUT2D eigenvalue weighted by atomic mass is 16.7. The van der Waals surface area contributed by atoms with Gasteiger partial charge in [-0.25, -0.2) is 10.1 Å². The fourth-order valence-electron chi connectivity index (χ4n) is 1.29. The fraction of sp³-hybridized carbons (Fsp3) is 0.857. The van der Waals surface area contributed by atoms with E-state index in [-0.39, 0.29) is 6.17 Å². The molecule has 1 heterocycles.